The van der Waals surface area contributed by atoms with Gasteiger partial charge in [0.1, 0.15) is 6.10 Å². The molecular formula is C31H44O4. The molecule has 0 amide bonds. The van der Waals surface area contributed by atoms with Crippen molar-refractivity contribution in [2.45, 2.75) is 103 Å². The fraction of sp³-hybridized carbons (Fsp3) is 0.548. The van der Waals surface area contributed by atoms with E-state index in [0.29, 0.717) is 17.9 Å². The molecule has 35 heavy (non-hydrogen) atoms. The minimum atomic E-state index is -1.00. The third-order valence-electron chi connectivity index (χ3n) is 6.79. The Hall–Kier alpha value is -2.62. The zero-order chi connectivity index (χ0) is 25.3. The predicted octanol–water partition coefficient (Wildman–Crippen LogP) is 8.49. The van der Waals surface area contributed by atoms with Crippen LogP contribution in [0.4, 0.5) is 0 Å². The van der Waals surface area contributed by atoms with E-state index in [1.54, 1.807) is 12.1 Å². The average Bonchev–Trinajstić information content (AvgIpc) is 2.87. The Kier molecular flexibility index (Phi) is 13.8. The molecule has 0 radical (unpaired) electrons. The minimum absolute atomic E-state index is 0.166. The summed E-state index contributed by atoms with van der Waals surface area (Å²) < 4.78 is 6.17. The third kappa shape index (κ3) is 11.1. The predicted molar refractivity (Wildman–Crippen MR) is 143 cm³/mol. The summed E-state index contributed by atoms with van der Waals surface area (Å²) in [4.78, 5) is 24.3. The topological polar surface area (TPSA) is 63.6 Å². The number of esters is 1. The molecular weight excluding hydrogens is 436 g/mol. The molecule has 0 saturated carbocycles. The van der Waals surface area contributed by atoms with Crippen molar-refractivity contribution in [2.75, 3.05) is 0 Å². The van der Waals surface area contributed by atoms with Crippen LogP contribution in [-0.2, 0) is 11.2 Å². The number of benzene rings is 2. The van der Waals surface area contributed by atoms with Crippen molar-refractivity contribution < 1.29 is 19.4 Å². The van der Waals surface area contributed by atoms with E-state index in [1.807, 2.05) is 18.2 Å². The number of hydrogen-bond acceptors (Lipinski definition) is 3. The molecule has 0 aliphatic heterocycles. The Morgan fingerprint density at radius 2 is 1.23 bits per heavy atom. The van der Waals surface area contributed by atoms with Crippen LogP contribution in [0.15, 0.2) is 54.6 Å². The summed E-state index contributed by atoms with van der Waals surface area (Å²) in [6.07, 6.45) is 15.0. The molecule has 0 aliphatic rings. The lowest BCUT2D eigenvalue weighted by atomic mass is 9.86. The highest BCUT2D eigenvalue weighted by molar-refractivity contribution is 5.92. The van der Waals surface area contributed by atoms with Gasteiger partial charge in [0, 0.05) is 6.42 Å². The van der Waals surface area contributed by atoms with Crippen molar-refractivity contribution in [3.8, 4) is 0 Å². The Morgan fingerprint density at radius 3 is 1.80 bits per heavy atom. The van der Waals surface area contributed by atoms with E-state index < -0.39 is 5.97 Å². The van der Waals surface area contributed by atoms with Crippen molar-refractivity contribution >= 4 is 11.9 Å². The number of ether oxygens (including phenoxy) is 1. The van der Waals surface area contributed by atoms with Crippen LogP contribution in [-0.4, -0.2) is 23.1 Å². The van der Waals surface area contributed by atoms with Crippen LogP contribution >= 0.6 is 0 Å². The molecule has 2 atom stereocenters. The monoisotopic (exact) mass is 480 g/mol. The van der Waals surface area contributed by atoms with Gasteiger partial charge in [0.2, 0.25) is 0 Å². The second kappa shape index (κ2) is 16.9. The Bertz CT molecular complexity index is 844. The Balaban J connectivity index is 2.14. The molecule has 0 saturated heterocycles. The van der Waals surface area contributed by atoms with Gasteiger partial charge in [-0.3, -0.25) is 0 Å². The largest absolute Gasteiger partial charge is 0.478 e. The van der Waals surface area contributed by atoms with Crippen LogP contribution in [0.3, 0.4) is 0 Å². The van der Waals surface area contributed by atoms with E-state index in [9.17, 15) is 9.59 Å². The fourth-order valence-electron chi connectivity index (χ4n) is 4.64. The van der Waals surface area contributed by atoms with E-state index in [-0.39, 0.29) is 17.6 Å². The standard InChI is InChI=1S/C31H44O4/c1-3-5-7-9-10-15-19-26(18-14-8-6-4-2)29(24-25-16-12-11-13-17-25)35-31(34)28-22-20-27(21-23-28)30(32)33/h11-13,16-17,20-23,26,29H,3-10,14-15,18-19,24H2,1-2H3,(H,32,33). The van der Waals surface area contributed by atoms with Crippen LogP contribution in [0.5, 0.6) is 0 Å². The molecule has 192 valence electrons. The van der Waals surface area contributed by atoms with Gasteiger partial charge in [-0.25, -0.2) is 9.59 Å². The molecule has 0 bridgehead atoms. The summed E-state index contributed by atoms with van der Waals surface area (Å²) in [5.41, 5.74) is 1.74. The summed E-state index contributed by atoms with van der Waals surface area (Å²) in [5, 5.41) is 9.15. The molecule has 2 aromatic carbocycles. The number of carbonyl (C=O) groups excluding carboxylic acids is 1. The number of aromatic carboxylic acids is 1. The Labute approximate surface area is 212 Å². The molecule has 0 heterocycles. The SMILES string of the molecule is CCCCCCCCC(CCCCCC)C(Cc1ccccc1)OC(=O)c1ccc(C(=O)O)cc1. The summed E-state index contributed by atoms with van der Waals surface area (Å²) in [7, 11) is 0. The second-order valence-electron chi connectivity index (χ2n) is 9.68. The lowest BCUT2D eigenvalue weighted by molar-refractivity contribution is 0.0103. The number of carbonyl (C=O) groups is 2. The third-order valence-corrected chi connectivity index (χ3v) is 6.79. The van der Waals surface area contributed by atoms with Gasteiger partial charge in [-0.1, -0.05) is 108 Å². The molecule has 0 aliphatic carbocycles. The van der Waals surface area contributed by atoms with Crippen LogP contribution < -0.4 is 0 Å². The highest BCUT2D eigenvalue weighted by Crippen LogP contribution is 2.27. The van der Waals surface area contributed by atoms with Gasteiger partial charge in [0.15, 0.2) is 0 Å². The molecule has 4 heteroatoms. The normalized spacial score (nSPS) is 12.7. The molecule has 2 rings (SSSR count). The van der Waals surface area contributed by atoms with Crippen molar-refractivity contribution in [2.24, 2.45) is 5.92 Å². The van der Waals surface area contributed by atoms with Crippen LogP contribution in [0.25, 0.3) is 0 Å². The van der Waals surface area contributed by atoms with Gasteiger partial charge in [0.25, 0.3) is 0 Å². The number of hydrogen-bond donors (Lipinski definition) is 1. The van der Waals surface area contributed by atoms with Gasteiger partial charge in [-0.05, 0) is 48.6 Å². The zero-order valence-corrected chi connectivity index (χ0v) is 21.7. The maximum atomic E-state index is 13.1. The quantitative estimate of drug-likeness (QED) is 0.172. The highest BCUT2D eigenvalue weighted by Gasteiger charge is 2.26. The van der Waals surface area contributed by atoms with Crippen molar-refractivity contribution in [3.63, 3.8) is 0 Å². The van der Waals surface area contributed by atoms with Crippen molar-refractivity contribution in [1.29, 1.82) is 0 Å². The van der Waals surface area contributed by atoms with Crippen molar-refractivity contribution in [3.05, 3.63) is 71.3 Å². The molecule has 0 spiro atoms. The molecule has 0 aromatic heterocycles. The second-order valence-corrected chi connectivity index (χ2v) is 9.68. The lowest BCUT2D eigenvalue weighted by Crippen LogP contribution is -2.29. The minimum Gasteiger partial charge on any atom is -0.478 e. The summed E-state index contributed by atoms with van der Waals surface area (Å²) >= 11 is 0. The van der Waals surface area contributed by atoms with E-state index in [0.717, 1.165) is 25.7 Å². The van der Waals surface area contributed by atoms with Crippen LogP contribution in [0.1, 0.15) is 117 Å². The van der Waals surface area contributed by atoms with Gasteiger partial charge in [-0.2, -0.15) is 0 Å². The number of carboxylic acids is 1. The number of unbranched alkanes of at least 4 members (excludes halogenated alkanes) is 8. The summed E-state index contributed by atoms with van der Waals surface area (Å²) in [6.45, 7) is 4.47. The lowest BCUT2D eigenvalue weighted by Gasteiger charge is -2.28. The van der Waals surface area contributed by atoms with Crippen molar-refractivity contribution in [1.82, 2.24) is 0 Å². The first kappa shape index (κ1) is 28.6. The number of carboxylic acid groups (broad SMARTS) is 1. The number of rotatable bonds is 18. The first-order chi connectivity index (χ1) is 17.0. The Morgan fingerprint density at radius 1 is 0.714 bits per heavy atom. The summed E-state index contributed by atoms with van der Waals surface area (Å²) in [5.74, 6) is -1.05. The molecule has 0 fully saturated rings. The first-order valence-electron chi connectivity index (χ1n) is 13.6. The van der Waals surface area contributed by atoms with Gasteiger partial charge in [0.05, 0.1) is 11.1 Å². The van der Waals surface area contributed by atoms with E-state index in [4.69, 9.17) is 9.84 Å². The maximum Gasteiger partial charge on any atom is 0.338 e. The summed E-state index contributed by atoms with van der Waals surface area (Å²) in [6, 6.07) is 16.3. The van der Waals surface area contributed by atoms with E-state index >= 15 is 0 Å². The van der Waals surface area contributed by atoms with Crippen LogP contribution in [0, 0.1) is 5.92 Å². The van der Waals surface area contributed by atoms with Crippen LogP contribution in [0.2, 0.25) is 0 Å². The molecule has 4 nitrogen and oxygen atoms in total. The first-order valence-corrected chi connectivity index (χ1v) is 13.6. The van der Waals surface area contributed by atoms with E-state index in [2.05, 4.69) is 26.0 Å². The van der Waals surface area contributed by atoms with E-state index in [1.165, 1.54) is 69.1 Å². The molecule has 1 N–H and O–H groups in total. The maximum absolute atomic E-state index is 13.1. The molecule has 2 unspecified atom stereocenters. The van der Waals surface area contributed by atoms with Gasteiger partial charge >= 0.3 is 11.9 Å². The zero-order valence-electron chi connectivity index (χ0n) is 21.7. The molecule has 2 aromatic rings. The van der Waals surface area contributed by atoms with Gasteiger partial charge < -0.3 is 9.84 Å². The fourth-order valence-corrected chi connectivity index (χ4v) is 4.64. The highest BCUT2D eigenvalue weighted by atomic mass is 16.5. The average molecular weight is 481 g/mol. The van der Waals surface area contributed by atoms with Gasteiger partial charge in [-0.15, -0.1) is 0 Å². The smallest absolute Gasteiger partial charge is 0.338 e.